The molecule has 0 radical (unpaired) electrons. The van der Waals surface area contributed by atoms with Gasteiger partial charge in [-0.1, -0.05) is 67.4 Å². The van der Waals surface area contributed by atoms with Gasteiger partial charge < -0.3 is 10.2 Å². The maximum absolute atomic E-state index is 13.3. The zero-order valence-electron chi connectivity index (χ0n) is 19.2. The summed E-state index contributed by atoms with van der Waals surface area (Å²) < 4.78 is 0. The molecule has 2 amide bonds. The smallest absolute Gasteiger partial charge is 0.243 e. The van der Waals surface area contributed by atoms with Gasteiger partial charge in [-0.25, -0.2) is 0 Å². The first-order chi connectivity index (χ1) is 15.3. The van der Waals surface area contributed by atoms with Gasteiger partial charge in [0.2, 0.25) is 11.8 Å². The lowest BCUT2D eigenvalue weighted by atomic mass is 10.1. The third-order valence-electron chi connectivity index (χ3n) is 5.52. The average Bonchev–Trinajstić information content (AvgIpc) is 2.76. The molecule has 0 aliphatic rings. The van der Waals surface area contributed by atoms with E-state index < -0.39 is 6.04 Å². The molecule has 0 saturated carbocycles. The maximum Gasteiger partial charge on any atom is 0.243 e. The Kier molecular flexibility index (Phi) is 10.9. The van der Waals surface area contributed by atoms with Crippen LogP contribution in [0.3, 0.4) is 0 Å². The first-order valence-electron chi connectivity index (χ1n) is 10.9. The molecule has 2 atom stereocenters. The molecule has 2 rings (SSSR count). The highest BCUT2D eigenvalue weighted by atomic mass is 35.5. The second-order valence-corrected chi connectivity index (χ2v) is 9.68. The van der Waals surface area contributed by atoms with Crippen molar-refractivity contribution in [2.45, 2.75) is 64.9 Å². The standard InChI is InChI=1S/C25H32Cl2N2O2S/c1-5-18(4)28-25(31)23(6-2)29(14-20-21(26)12-9-13-22(20)27)24(30)16-32-15-19-11-8-7-10-17(19)3/h7-13,18,23H,5-6,14-16H2,1-4H3,(H,28,31)/t18-,23-/m0/s1. The molecule has 0 aliphatic heterocycles. The number of nitrogens with zero attached hydrogens (tertiary/aromatic N) is 1. The molecule has 7 heteroatoms. The van der Waals surface area contributed by atoms with Gasteiger partial charge in [0.25, 0.3) is 0 Å². The van der Waals surface area contributed by atoms with E-state index >= 15 is 0 Å². The highest BCUT2D eigenvalue weighted by Crippen LogP contribution is 2.27. The maximum atomic E-state index is 13.3. The van der Waals surface area contributed by atoms with Crippen molar-refractivity contribution in [3.8, 4) is 0 Å². The van der Waals surface area contributed by atoms with Gasteiger partial charge in [-0.2, -0.15) is 0 Å². The van der Waals surface area contributed by atoms with Crippen LogP contribution in [0.2, 0.25) is 10.0 Å². The number of amides is 2. The van der Waals surface area contributed by atoms with E-state index in [-0.39, 0.29) is 30.2 Å². The number of nitrogens with one attached hydrogen (secondary N) is 1. The van der Waals surface area contributed by atoms with Crippen LogP contribution in [0.4, 0.5) is 0 Å². The molecular formula is C25H32Cl2N2O2S. The molecule has 2 aromatic carbocycles. The Balaban J connectivity index is 2.22. The normalized spacial score (nSPS) is 12.8. The molecular weight excluding hydrogens is 463 g/mol. The van der Waals surface area contributed by atoms with Gasteiger partial charge in [0.15, 0.2) is 0 Å². The minimum atomic E-state index is -0.595. The number of aryl methyl sites for hydroxylation is 1. The summed E-state index contributed by atoms with van der Waals surface area (Å²) in [6.45, 7) is 8.14. The quantitative estimate of drug-likeness (QED) is 0.401. The number of carbonyl (C=O) groups excluding carboxylic acids is 2. The van der Waals surface area contributed by atoms with Crippen molar-refractivity contribution >= 4 is 46.8 Å². The van der Waals surface area contributed by atoms with E-state index in [9.17, 15) is 9.59 Å². The van der Waals surface area contributed by atoms with Crippen LogP contribution >= 0.6 is 35.0 Å². The largest absolute Gasteiger partial charge is 0.352 e. The molecule has 32 heavy (non-hydrogen) atoms. The summed E-state index contributed by atoms with van der Waals surface area (Å²) in [5, 5.41) is 3.99. The van der Waals surface area contributed by atoms with Crippen LogP contribution in [0, 0.1) is 6.92 Å². The molecule has 4 nitrogen and oxygen atoms in total. The Labute approximate surface area is 206 Å². The zero-order valence-corrected chi connectivity index (χ0v) is 21.5. The van der Waals surface area contributed by atoms with Crippen molar-refractivity contribution in [2.75, 3.05) is 5.75 Å². The molecule has 0 aromatic heterocycles. The van der Waals surface area contributed by atoms with Crippen LogP contribution in [-0.4, -0.2) is 34.6 Å². The van der Waals surface area contributed by atoms with Gasteiger partial charge in [0, 0.05) is 33.9 Å². The van der Waals surface area contributed by atoms with Crippen molar-refractivity contribution in [1.29, 1.82) is 0 Å². The van der Waals surface area contributed by atoms with E-state index in [4.69, 9.17) is 23.2 Å². The van der Waals surface area contributed by atoms with Crippen molar-refractivity contribution in [3.63, 3.8) is 0 Å². The van der Waals surface area contributed by atoms with Gasteiger partial charge in [-0.3, -0.25) is 9.59 Å². The minimum absolute atomic E-state index is 0.0350. The van der Waals surface area contributed by atoms with Crippen LogP contribution in [0.25, 0.3) is 0 Å². The number of hydrogen-bond donors (Lipinski definition) is 1. The fraction of sp³-hybridized carbons (Fsp3) is 0.440. The van der Waals surface area contributed by atoms with Crippen molar-refractivity contribution in [2.24, 2.45) is 0 Å². The van der Waals surface area contributed by atoms with Crippen molar-refractivity contribution < 1.29 is 9.59 Å². The number of halogens is 2. The number of hydrogen-bond acceptors (Lipinski definition) is 3. The molecule has 0 aliphatic carbocycles. The molecule has 0 heterocycles. The predicted octanol–water partition coefficient (Wildman–Crippen LogP) is 6.26. The number of benzene rings is 2. The van der Waals surface area contributed by atoms with E-state index in [0.29, 0.717) is 22.0 Å². The van der Waals surface area contributed by atoms with E-state index in [0.717, 1.165) is 12.2 Å². The van der Waals surface area contributed by atoms with Crippen molar-refractivity contribution in [1.82, 2.24) is 10.2 Å². The highest BCUT2D eigenvalue weighted by Gasteiger charge is 2.30. The fourth-order valence-electron chi connectivity index (χ4n) is 3.32. The van der Waals surface area contributed by atoms with Gasteiger partial charge >= 0.3 is 0 Å². The van der Waals surface area contributed by atoms with Gasteiger partial charge in [-0.15, -0.1) is 11.8 Å². The number of thioether (sulfide) groups is 1. The van der Waals surface area contributed by atoms with Crippen LogP contribution in [-0.2, 0) is 21.9 Å². The molecule has 0 saturated heterocycles. The van der Waals surface area contributed by atoms with E-state index in [1.807, 2.05) is 32.9 Å². The summed E-state index contributed by atoms with van der Waals surface area (Å²) in [6, 6.07) is 12.9. The Morgan fingerprint density at radius 1 is 1.03 bits per heavy atom. The third kappa shape index (κ3) is 7.43. The Hall–Kier alpha value is -1.69. The predicted molar refractivity (Wildman–Crippen MR) is 136 cm³/mol. The lowest BCUT2D eigenvalue weighted by Crippen LogP contribution is -2.51. The van der Waals surface area contributed by atoms with E-state index in [1.54, 1.807) is 34.9 Å². The molecule has 1 N–H and O–H groups in total. The highest BCUT2D eigenvalue weighted by molar-refractivity contribution is 7.99. The van der Waals surface area contributed by atoms with Crippen LogP contribution in [0.15, 0.2) is 42.5 Å². The summed E-state index contributed by atoms with van der Waals surface area (Å²) >= 11 is 14.3. The summed E-state index contributed by atoms with van der Waals surface area (Å²) in [6.07, 6.45) is 1.32. The van der Waals surface area contributed by atoms with Gasteiger partial charge in [0.05, 0.1) is 5.75 Å². The molecule has 0 unspecified atom stereocenters. The Morgan fingerprint density at radius 3 is 2.28 bits per heavy atom. The molecule has 174 valence electrons. The summed E-state index contributed by atoms with van der Waals surface area (Å²) in [5.41, 5.74) is 3.06. The summed E-state index contributed by atoms with van der Waals surface area (Å²) in [7, 11) is 0. The molecule has 0 fully saturated rings. The summed E-state index contributed by atoms with van der Waals surface area (Å²) in [5.74, 6) is 0.742. The SMILES string of the molecule is CC[C@H](C)NC(=O)[C@H](CC)N(Cc1c(Cl)cccc1Cl)C(=O)CSCc1ccccc1C. The second-order valence-electron chi connectivity index (χ2n) is 7.88. The first kappa shape index (κ1) is 26.6. The topological polar surface area (TPSA) is 49.4 Å². The first-order valence-corrected chi connectivity index (χ1v) is 12.8. The number of carbonyl (C=O) groups is 2. The minimum Gasteiger partial charge on any atom is -0.352 e. The lowest BCUT2D eigenvalue weighted by Gasteiger charge is -2.32. The Bertz CT molecular complexity index is 902. The van der Waals surface area contributed by atoms with E-state index in [2.05, 4.69) is 24.4 Å². The van der Waals surface area contributed by atoms with E-state index in [1.165, 1.54) is 11.1 Å². The molecule has 2 aromatic rings. The molecule has 0 bridgehead atoms. The van der Waals surface area contributed by atoms with Gasteiger partial charge in [0.1, 0.15) is 6.04 Å². The lowest BCUT2D eigenvalue weighted by molar-refractivity contribution is -0.139. The fourth-order valence-corrected chi connectivity index (χ4v) is 4.82. The number of rotatable bonds is 11. The Morgan fingerprint density at radius 2 is 1.69 bits per heavy atom. The summed E-state index contributed by atoms with van der Waals surface area (Å²) in [4.78, 5) is 28.0. The molecule has 0 spiro atoms. The van der Waals surface area contributed by atoms with Gasteiger partial charge in [-0.05, 0) is 49.9 Å². The zero-order chi connectivity index (χ0) is 23.7. The van der Waals surface area contributed by atoms with Crippen LogP contribution in [0.5, 0.6) is 0 Å². The van der Waals surface area contributed by atoms with Crippen LogP contribution < -0.4 is 5.32 Å². The third-order valence-corrected chi connectivity index (χ3v) is 7.20. The average molecular weight is 496 g/mol. The van der Waals surface area contributed by atoms with Crippen LogP contribution in [0.1, 0.15) is 50.3 Å². The monoisotopic (exact) mass is 494 g/mol. The van der Waals surface area contributed by atoms with Crippen molar-refractivity contribution in [3.05, 3.63) is 69.2 Å². The second kappa shape index (κ2) is 13.1.